The summed E-state index contributed by atoms with van der Waals surface area (Å²) < 4.78 is 0. The molecule has 2 aliphatic rings. The minimum absolute atomic E-state index is 0.602. The van der Waals surface area contributed by atoms with Crippen molar-refractivity contribution >= 4 is 11.3 Å². The Hall–Kier alpha value is -0.380. The monoisotopic (exact) mass is 278 g/mol. The van der Waals surface area contributed by atoms with E-state index in [0.29, 0.717) is 6.04 Å². The zero-order valence-corrected chi connectivity index (χ0v) is 12.7. The average Bonchev–Trinajstić information content (AvgIpc) is 3.09. The molecule has 3 rings (SSSR count). The molecule has 0 bridgehead atoms. The molecule has 19 heavy (non-hydrogen) atoms. The van der Waals surface area contributed by atoms with Crippen molar-refractivity contribution < 1.29 is 0 Å². The van der Waals surface area contributed by atoms with Crippen molar-refractivity contribution in [3.05, 3.63) is 22.4 Å². The van der Waals surface area contributed by atoms with E-state index in [2.05, 4.69) is 35.1 Å². The maximum atomic E-state index is 3.91. The summed E-state index contributed by atoms with van der Waals surface area (Å²) in [4.78, 5) is 1.51. The number of hydrogen-bond acceptors (Lipinski definition) is 3. The molecule has 1 aromatic heterocycles. The fourth-order valence-electron chi connectivity index (χ4n) is 3.91. The quantitative estimate of drug-likeness (QED) is 0.864. The predicted molar refractivity (Wildman–Crippen MR) is 82.8 cm³/mol. The summed E-state index contributed by atoms with van der Waals surface area (Å²) in [7, 11) is 0. The highest BCUT2D eigenvalue weighted by molar-refractivity contribution is 7.09. The van der Waals surface area contributed by atoms with Gasteiger partial charge in [0.15, 0.2) is 0 Å². The van der Waals surface area contributed by atoms with Crippen molar-refractivity contribution in [2.24, 2.45) is 5.92 Å². The molecule has 2 fully saturated rings. The first-order valence-electron chi connectivity index (χ1n) is 7.85. The van der Waals surface area contributed by atoms with E-state index in [1.807, 2.05) is 11.3 Å². The molecule has 1 saturated heterocycles. The van der Waals surface area contributed by atoms with Crippen molar-refractivity contribution in [3.8, 4) is 0 Å². The van der Waals surface area contributed by atoms with Gasteiger partial charge in [0.2, 0.25) is 0 Å². The van der Waals surface area contributed by atoms with E-state index in [1.165, 1.54) is 49.9 Å². The Morgan fingerprint density at radius 3 is 3.05 bits per heavy atom. The van der Waals surface area contributed by atoms with Gasteiger partial charge >= 0.3 is 0 Å². The lowest BCUT2D eigenvalue weighted by Gasteiger charge is -2.29. The van der Waals surface area contributed by atoms with E-state index >= 15 is 0 Å². The summed E-state index contributed by atoms with van der Waals surface area (Å²) in [6.45, 7) is 3.58. The molecule has 0 radical (unpaired) electrons. The van der Waals surface area contributed by atoms with Gasteiger partial charge in [-0.15, -0.1) is 11.3 Å². The van der Waals surface area contributed by atoms with Gasteiger partial charge in [-0.05, 0) is 62.9 Å². The van der Waals surface area contributed by atoms with Crippen LogP contribution >= 0.6 is 11.3 Å². The molecule has 2 N–H and O–H groups in total. The summed E-state index contributed by atoms with van der Waals surface area (Å²) in [5, 5.41) is 9.80. The van der Waals surface area contributed by atoms with Crippen LogP contribution in [-0.2, 0) is 6.42 Å². The van der Waals surface area contributed by atoms with E-state index < -0.39 is 0 Å². The molecular formula is C16H26N2S. The van der Waals surface area contributed by atoms with Gasteiger partial charge in [0.25, 0.3) is 0 Å². The topological polar surface area (TPSA) is 24.1 Å². The van der Waals surface area contributed by atoms with Gasteiger partial charge in [0.1, 0.15) is 0 Å². The summed E-state index contributed by atoms with van der Waals surface area (Å²) in [5.41, 5.74) is 0. The Morgan fingerprint density at radius 2 is 2.32 bits per heavy atom. The van der Waals surface area contributed by atoms with Crippen molar-refractivity contribution in [3.63, 3.8) is 0 Å². The summed E-state index contributed by atoms with van der Waals surface area (Å²) in [6, 6.07) is 6.55. The summed E-state index contributed by atoms with van der Waals surface area (Å²) in [6.07, 6.45) is 8.14. The minimum Gasteiger partial charge on any atom is -0.314 e. The maximum Gasteiger partial charge on any atom is 0.0113 e. The first kappa shape index (κ1) is 13.6. The lowest BCUT2D eigenvalue weighted by Crippen LogP contribution is -2.45. The SMILES string of the molecule is CC(Cc1cccs1)NC1CCCC1C1CCCN1. The van der Waals surface area contributed by atoms with Crippen LogP contribution in [0.3, 0.4) is 0 Å². The van der Waals surface area contributed by atoms with Crippen LogP contribution in [0.1, 0.15) is 43.9 Å². The third-order valence-corrected chi connectivity index (χ3v) is 5.67. The van der Waals surface area contributed by atoms with Crippen LogP contribution in [0.25, 0.3) is 0 Å². The Labute approximate surface area is 121 Å². The van der Waals surface area contributed by atoms with Crippen LogP contribution in [0, 0.1) is 5.92 Å². The third kappa shape index (κ3) is 3.39. The first-order chi connectivity index (χ1) is 9.33. The summed E-state index contributed by atoms with van der Waals surface area (Å²) >= 11 is 1.88. The van der Waals surface area contributed by atoms with Crippen LogP contribution in [-0.4, -0.2) is 24.7 Å². The molecule has 1 aliphatic heterocycles. The third-order valence-electron chi connectivity index (χ3n) is 4.77. The standard InChI is InChI=1S/C16H26N2S/c1-12(11-13-5-4-10-19-13)18-16-7-2-6-14(16)15-8-3-9-17-15/h4-5,10,12,14-18H,2-3,6-9,11H2,1H3. The molecule has 0 spiro atoms. The number of nitrogens with one attached hydrogen (secondary N) is 2. The van der Waals surface area contributed by atoms with Crippen LogP contribution in [0.5, 0.6) is 0 Å². The first-order valence-corrected chi connectivity index (χ1v) is 8.72. The van der Waals surface area contributed by atoms with Crippen molar-refractivity contribution in [1.29, 1.82) is 0 Å². The normalized spacial score (nSPS) is 32.8. The van der Waals surface area contributed by atoms with Gasteiger partial charge in [-0.2, -0.15) is 0 Å². The second-order valence-corrected chi connectivity index (χ2v) is 7.29. The van der Waals surface area contributed by atoms with Gasteiger partial charge < -0.3 is 10.6 Å². The maximum absolute atomic E-state index is 3.91. The molecule has 3 heteroatoms. The van der Waals surface area contributed by atoms with Crippen molar-refractivity contribution in [2.75, 3.05) is 6.54 Å². The second kappa shape index (κ2) is 6.38. The summed E-state index contributed by atoms with van der Waals surface area (Å²) in [5.74, 6) is 0.869. The Bertz CT molecular complexity index is 370. The second-order valence-electron chi connectivity index (χ2n) is 6.26. The van der Waals surface area contributed by atoms with Crippen LogP contribution in [0.15, 0.2) is 17.5 Å². The van der Waals surface area contributed by atoms with Gasteiger partial charge in [0, 0.05) is 23.0 Å². The van der Waals surface area contributed by atoms with E-state index in [0.717, 1.165) is 18.0 Å². The number of thiophene rings is 1. The largest absolute Gasteiger partial charge is 0.314 e. The van der Waals surface area contributed by atoms with Gasteiger partial charge in [-0.1, -0.05) is 12.5 Å². The molecule has 2 heterocycles. The van der Waals surface area contributed by atoms with Crippen molar-refractivity contribution in [1.82, 2.24) is 10.6 Å². The van der Waals surface area contributed by atoms with Crippen LogP contribution < -0.4 is 10.6 Å². The van der Waals surface area contributed by atoms with Crippen LogP contribution in [0.4, 0.5) is 0 Å². The highest BCUT2D eigenvalue weighted by Crippen LogP contribution is 2.32. The molecule has 106 valence electrons. The van der Waals surface area contributed by atoms with Crippen molar-refractivity contribution in [2.45, 2.75) is 63.6 Å². The number of hydrogen-bond donors (Lipinski definition) is 2. The van der Waals surface area contributed by atoms with E-state index in [4.69, 9.17) is 0 Å². The molecule has 1 saturated carbocycles. The van der Waals surface area contributed by atoms with Gasteiger partial charge in [-0.25, -0.2) is 0 Å². The molecule has 2 nitrogen and oxygen atoms in total. The zero-order chi connectivity index (χ0) is 13.1. The fraction of sp³-hybridized carbons (Fsp3) is 0.750. The predicted octanol–water partition coefficient (Wildman–Crippen LogP) is 3.19. The molecule has 4 atom stereocenters. The Kier molecular flexibility index (Phi) is 4.57. The van der Waals surface area contributed by atoms with E-state index in [9.17, 15) is 0 Å². The van der Waals surface area contributed by atoms with Gasteiger partial charge in [0.05, 0.1) is 0 Å². The molecule has 1 aromatic rings. The highest BCUT2D eigenvalue weighted by Gasteiger charge is 2.35. The lowest BCUT2D eigenvalue weighted by atomic mass is 9.92. The Morgan fingerprint density at radius 1 is 1.37 bits per heavy atom. The molecule has 1 aliphatic carbocycles. The molecule has 0 aromatic carbocycles. The van der Waals surface area contributed by atoms with Gasteiger partial charge in [-0.3, -0.25) is 0 Å². The number of rotatable bonds is 5. The highest BCUT2D eigenvalue weighted by atomic mass is 32.1. The van der Waals surface area contributed by atoms with E-state index in [1.54, 1.807) is 0 Å². The Balaban J connectivity index is 1.52. The molecular weight excluding hydrogens is 252 g/mol. The minimum atomic E-state index is 0.602. The smallest absolute Gasteiger partial charge is 0.0113 e. The zero-order valence-electron chi connectivity index (χ0n) is 11.9. The molecule has 4 unspecified atom stereocenters. The molecule has 0 amide bonds. The lowest BCUT2D eigenvalue weighted by molar-refractivity contribution is 0.302. The van der Waals surface area contributed by atoms with Crippen LogP contribution in [0.2, 0.25) is 0 Å². The average molecular weight is 278 g/mol. The van der Waals surface area contributed by atoms with E-state index in [-0.39, 0.29) is 0 Å². The fourth-order valence-corrected chi connectivity index (χ4v) is 4.74.